The van der Waals surface area contributed by atoms with Crippen LogP contribution < -0.4 is 0 Å². The van der Waals surface area contributed by atoms with Crippen molar-refractivity contribution >= 4 is 17.8 Å². The molecule has 0 radical (unpaired) electrons. The number of methoxy groups -OCH3 is 2. The van der Waals surface area contributed by atoms with Gasteiger partial charge >= 0.3 is 5.97 Å². The van der Waals surface area contributed by atoms with Gasteiger partial charge in [-0.05, 0) is 24.8 Å². The Morgan fingerprint density at radius 1 is 1.35 bits per heavy atom. The summed E-state index contributed by atoms with van der Waals surface area (Å²) in [5.74, 6) is 1.16. The van der Waals surface area contributed by atoms with Crippen LogP contribution in [-0.2, 0) is 19.0 Å². The smallest absolute Gasteiger partial charge is 0.303 e. The Balaban J connectivity index is 2.38. The first kappa shape index (κ1) is 17.5. The minimum atomic E-state index is -0.644. The zero-order valence-corrected chi connectivity index (χ0v) is 14.5. The van der Waals surface area contributed by atoms with Gasteiger partial charge in [0.15, 0.2) is 0 Å². The molecular formula is C17H26N2O4. The van der Waals surface area contributed by atoms with Crippen molar-refractivity contribution in [2.75, 3.05) is 14.2 Å². The first-order valence-corrected chi connectivity index (χ1v) is 8.01. The SMILES string of the molecule is COC1=N[C@]2(CCC=C[C@H](OC(C)=O)C2)C(OC)=N[C@@H]1C(C)C. The number of aliphatic imine (C=N–C) groups is 2. The topological polar surface area (TPSA) is 69.5 Å². The van der Waals surface area contributed by atoms with E-state index in [0.717, 1.165) is 12.8 Å². The van der Waals surface area contributed by atoms with E-state index in [2.05, 4.69) is 13.8 Å². The van der Waals surface area contributed by atoms with Gasteiger partial charge in [0.1, 0.15) is 17.7 Å². The second-order valence-corrected chi connectivity index (χ2v) is 6.33. The highest BCUT2D eigenvalue weighted by Gasteiger charge is 2.45. The van der Waals surface area contributed by atoms with Gasteiger partial charge in [0.2, 0.25) is 11.8 Å². The fourth-order valence-electron chi connectivity index (χ4n) is 3.13. The van der Waals surface area contributed by atoms with E-state index in [1.54, 1.807) is 14.2 Å². The third-order valence-corrected chi connectivity index (χ3v) is 4.20. The van der Waals surface area contributed by atoms with E-state index < -0.39 is 5.54 Å². The Morgan fingerprint density at radius 2 is 2.09 bits per heavy atom. The van der Waals surface area contributed by atoms with Crippen molar-refractivity contribution in [2.24, 2.45) is 15.9 Å². The number of carbonyl (C=O) groups excluding carboxylic acids is 1. The number of hydrogen-bond acceptors (Lipinski definition) is 6. The van der Waals surface area contributed by atoms with Gasteiger partial charge in [0.05, 0.1) is 14.2 Å². The number of nitrogens with zero attached hydrogens (tertiary/aromatic N) is 2. The zero-order chi connectivity index (χ0) is 17.0. The molecule has 0 fully saturated rings. The molecule has 0 bridgehead atoms. The van der Waals surface area contributed by atoms with Crippen LogP contribution in [-0.4, -0.2) is 49.7 Å². The third-order valence-electron chi connectivity index (χ3n) is 4.20. The molecule has 1 spiro atoms. The molecule has 1 aliphatic heterocycles. The summed E-state index contributed by atoms with van der Waals surface area (Å²) >= 11 is 0. The van der Waals surface area contributed by atoms with E-state index >= 15 is 0 Å². The molecule has 0 amide bonds. The Kier molecular flexibility index (Phi) is 5.44. The lowest BCUT2D eigenvalue weighted by Gasteiger charge is -2.36. The lowest BCUT2D eigenvalue weighted by Crippen LogP contribution is -2.48. The first-order chi connectivity index (χ1) is 10.9. The number of carbonyl (C=O) groups is 1. The Labute approximate surface area is 137 Å². The van der Waals surface area contributed by atoms with Gasteiger partial charge in [-0.15, -0.1) is 0 Å². The zero-order valence-electron chi connectivity index (χ0n) is 14.5. The van der Waals surface area contributed by atoms with Gasteiger partial charge < -0.3 is 14.2 Å². The monoisotopic (exact) mass is 322 g/mol. The normalized spacial score (nSPS) is 30.5. The van der Waals surface area contributed by atoms with Crippen LogP contribution in [0.4, 0.5) is 0 Å². The molecule has 0 saturated heterocycles. The lowest BCUT2D eigenvalue weighted by atomic mass is 9.87. The molecule has 23 heavy (non-hydrogen) atoms. The second kappa shape index (κ2) is 7.15. The van der Waals surface area contributed by atoms with Crippen molar-refractivity contribution in [3.8, 4) is 0 Å². The minimum absolute atomic E-state index is 0.149. The molecule has 0 saturated carbocycles. The van der Waals surface area contributed by atoms with E-state index in [9.17, 15) is 4.79 Å². The van der Waals surface area contributed by atoms with Crippen LogP contribution in [0.25, 0.3) is 0 Å². The molecule has 6 heteroatoms. The molecular weight excluding hydrogens is 296 g/mol. The van der Waals surface area contributed by atoms with Crippen LogP contribution >= 0.6 is 0 Å². The number of hydrogen-bond donors (Lipinski definition) is 0. The van der Waals surface area contributed by atoms with Crippen LogP contribution in [0.2, 0.25) is 0 Å². The summed E-state index contributed by atoms with van der Waals surface area (Å²) < 4.78 is 16.5. The summed E-state index contributed by atoms with van der Waals surface area (Å²) in [6.45, 7) is 5.56. The predicted octanol–water partition coefficient (Wildman–Crippen LogP) is 2.53. The van der Waals surface area contributed by atoms with Gasteiger partial charge in [0, 0.05) is 13.3 Å². The Morgan fingerprint density at radius 3 is 2.65 bits per heavy atom. The van der Waals surface area contributed by atoms with Gasteiger partial charge in [-0.25, -0.2) is 9.98 Å². The molecule has 2 aliphatic rings. The maximum absolute atomic E-state index is 11.3. The fraction of sp³-hybridized carbons (Fsp3) is 0.706. The average Bonchev–Trinajstić information content (AvgIpc) is 2.68. The molecule has 0 aromatic carbocycles. The van der Waals surface area contributed by atoms with Gasteiger partial charge in [-0.2, -0.15) is 0 Å². The van der Waals surface area contributed by atoms with E-state index in [-0.39, 0.29) is 24.0 Å². The van der Waals surface area contributed by atoms with Crippen molar-refractivity contribution in [1.82, 2.24) is 0 Å². The van der Waals surface area contributed by atoms with Crippen molar-refractivity contribution in [2.45, 2.75) is 57.7 Å². The van der Waals surface area contributed by atoms with Crippen LogP contribution in [0.1, 0.15) is 40.0 Å². The summed E-state index contributed by atoms with van der Waals surface area (Å²) in [6.07, 6.45) is 5.66. The summed E-state index contributed by atoms with van der Waals surface area (Å²) in [7, 11) is 3.23. The maximum atomic E-state index is 11.3. The predicted molar refractivity (Wildman–Crippen MR) is 88.8 cm³/mol. The summed E-state index contributed by atoms with van der Waals surface area (Å²) in [4.78, 5) is 21.0. The second-order valence-electron chi connectivity index (χ2n) is 6.33. The number of ether oxygens (including phenoxy) is 3. The van der Waals surface area contributed by atoms with E-state index in [1.165, 1.54) is 6.92 Å². The highest BCUT2D eigenvalue weighted by Crippen LogP contribution is 2.35. The van der Waals surface area contributed by atoms with Crippen LogP contribution in [0.5, 0.6) is 0 Å². The highest BCUT2D eigenvalue weighted by molar-refractivity contribution is 5.97. The quantitative estimate of drug-likeness (QED) is 0.578. The van der Waals surface area contributed by atoms with Crippen LogP contribution in [0.15, 0.2) is 22.1 Å². The molecule has 0 N–H and O–H groups in total. The number of rotatable bonds is 2. The first-order valence-electron chi connectivity index (χ1n) is 8.01. The van der Waals surface area contributed by atoms with Gasteiger partial charge in [-0.1, -0.05) is 19.9 Å². The average molecular weight is 322 g/mol. The van der Waals surface area contributed by atoms with Crippen molar-refractivity contribution < 1.29 is 19.0 Å². The summed E-state index contributed by atoms with van der Waals surface area (Å²) in [6, 6.07) is -0.149. The van der Waals surface area contributed by atoms with Crippen molar-refractivity contribution in [3.63, 3.8) is 0 Å². The maximum Gasteiger partial charge on any atom is 0.303 e. The molecule has 0 aromatic heterocycles. The molecule has 0 unspecified atom stereocenters. The molecule has 3 atom stereocenters. The van der Waals surface area contributed by atoms with Gasteiger partial charge in [0.25, 0.3) is 0 Å². The van der Waals surface area contributed by atoms with Crippen LogP contribution in [0.3, 0.4) is 0 Å². The van der Waals surface area contributed by atoms with Crippen molar-refractivity contribution in [3.05, 3.63) is 12.2 Å². The minimum Gasteiger partial charge on any atom is -0.483 e. The standard InChI is InChI=1S/C17H26N2O4/c1-11(2)14-15(21-4)19-17(16(18-14)22-5)9-7-6-8-13(10-17)23-12(3)20/h6,8,11,13-14H,7,9-10H2,1-5H3/t13-,14+,17-/m0/s1. The van der Waals surface area contributed by atoms with Crippen molar-refractivity contribution in [1.29, 1.82) is 0 Å². The number of esters is 1. The van der Waals surface area contributed by atoms with Gasteiger partial charge in [-0.3, -0.25) is 4.79 Å². The molecule has 0 aromatic rings. The van der Waals surface area contributed by atoms with E-state index in [4.69, 9.17) is 24.2 Å². The lowest BCUT2D eigenvalue weighted by molar-refractivity contribution is -0.144. The fourth-order valence-corrected chi connectivity index (χ4v) is 3.13. The molecule has 2 rings (SSSR count). The van der Waals surface area contributed by atoms with Crippen LogP contribution in [0, 0.1) is 5.92 Å². The largest absolute Gasteiger partial charge is 0.483 e. The Hall–Kier alpha value is -1.85. The molecule has 1 heterocycles. The summed E-state index contributed by atoms with van der Waals surface area (Å²) in [5, 5.41) is 0. The molecule has 6 nitrogen and oxygen atoms in total. The molecule has 128 valence electrons. The van der Waals surface area contributed by atoms with E-state index in [0.29, 0.717) is 18.2 Å². The highest BCUT2D eigenvalue weighted by atomic mass is 16.5. The van der Waals surface area contributed by atoms with E-state index in [1.807, 2.05) is 12.2 Å². The summed E-state index contributed by atoms with van der Waals surface area (Å²) in [5.41, 5.74) is -0.644. The third kappa shape index (κ3) is 3.74. The number of allylic oxidation sites excluding steroid dienone is 1. The Bertz CT molecular complexity index is 539. The molecule has 1 aliphatic carbocycles.